The first-order valence-corrected chi connectivity index (χ1v) is 9.28. The Bertz CT molecular complexity index is 691. The maximum Gasteiger partial charge on any atom is 1.00 e. The van der Waals surface area contributed by atoms with Crippen LogP contribution in [-0.2, 0) is 34.6 Å². The van der Waals surface area contributed by atoms with Gasteiger partial charge < -0.3 is 14.6 Å². The summed E-state index contributed by atoms with van der Waals surface area (Å²) in [7, 11) is -8.03. The van der Waals surface area contributed by atoms with E-state index in [4.69, 9.17) is 9.11 Å². The van der Waals surface area contributed by atoms with Crippen LogP contribution in [0.2, 0.25) is 0 Å². The van der Waals surface area contributed by atoms with Gasteiger partial charge in [0.15, 0.2) is 0 Å². The monoisotopic (exact) mass is 408 g/mol. The van der Waals surface area contributed by atoms with E-state index in [2.05, 4.69) is 17.9 Å². The molecule has 0 aliphatic carbocycles. The molecular formula is C12H17NaO10S2. The van der Waals surface area contributed by atoms with Gasteiger partial charge in [-0.1, -0.05) is 13.2 Å². The SMILES string of the molecule is C=C(CCCS(=O)(=O)O)C(=O)[O-].C=CC(=O)OC=CCS(=O)(=O)O.[Na+]. The summed E-state index contributed by atoms with van der Waals surface area (Å²) < 4.78 is 61.2. The van der Waals surface area contributed by atoms with Crippen LogP contribution >= 0.6 is 0 Å². The average molecular weight is 408 g/mol. The van der Waals surface area contributed by atoms with E-state index in [1.807, 2.05) is 0 Å². The summed E-state index contributed by atoms with van der Waals surface area (Å²) in [5.74, 6) is -3.14. The Morgan fingerprint density at radius 2 is 1.64 bits per heavy atom. The van der Waals surface area contributed by atoms with Gasteiger partial charge in [0.2, 0.25) is 0 Å². The Labute approximate surface area is 168 Å². The van der Waals surface area contributed by atoms with Crippen LogP contribution in [0, 0.1) is 0 Å². The number of rotatable bonds is 9. The van der Waals surface area contributed by atoms with E-state index in [1.165, 1.54) is 0 Å². The van der Waals surface area contributed by atoms with Crippen LogP contribution in [0.1, 0.15) is 12.8 Å². The van der Waals surface area contributed by atoms with Crippen LogP contribution in [0.5, 0.6) is 0 Å². The van der Waals surface area contributed by atoms with Crippen molar-refractivity contribution in [1.29, 1.82) is 0 Å². The molecule has 13 heteroatoms. The summed E-state index contributed by atoms with van der Waals surface area (Å²) in [6.07, 6.45) is 2.83. The third kappa shape index (κ3) is 25.3. The number of carboxylic acids is 1. The molecule has 0 aromatic heterocycles. The minimum Gasteiger partial charge on any atom is -0.545 e. The normalized spacial score (nSPS) is 10.8. The molecule has 0 saturated carbocycles. The molecule has 25 heavy (non-hydrogen) atoms. The number of carbonyl (C=O) groups excluding carboxylic acids is 2. The molecule has 0 amide bonds. The molecule has 0 aromatic rings. The fraction of sp³-hybridized carbons (Fsp3) is 0.333. The van der Waals surface area contributed by atoms with Gasteiger partial charge in [0.25, 0.3) is 20.2 Å². The zero-order chi connectivity index (χ0) is 19.4. The smallest absolute Gasteiger partial charge is 0.545 e. The van der Waals surface area contributed by atoms with Gasteiger partial charge in [0, 0.05) is 6.08 Å². The molecule has 2 N–H and O–H groups in total. The molecule has 0 heterocycles. The zero-order valence-electron chi connectivity index (χ0n) is 13.5. The van der Waals surface area contributed by atoms with Crippen molar-refractivity contribution in [3.8, 4) is 0 Å². The molecule has 0 bridgehead atoms. The van der Waals surface area contributed by atoms with Gasteiger partial charge in [0.1, 0.15) is 0 Å². The Balaban J connectivity index is -0.000000372. The molecule has 0 spiro atoms. The molecule has 10 nitrogen and oxygen atoms in total. The van der Waals surface area contributed by atoms with E-state index in [-0.39, 0.29) is 48.0 Å². The van der Waals surface area contributed by atoms with Crippen molar-refractivity contribution in [3.05, 3.63) is 37.1 Å². The number of hydrogen-bond acceptors (Lipinski definition) is 8. The van der Waals surface area contributed by atoms with Gasteiger partial charge in [-0.2, -0.15) is 16.8 Å². The summed E-state index contributed by atoms with van der Waals surface area (Å²) in [6.45, 7) is 6.25. The maximum absolute atomic E-state index is 10.3. The first-order chi connectivity index (χ1) is 10.8. The quantitative estimate of drug-likeness (QED) is 0.126. The molecule has 0 aliphatic rings. The van der Waals surface area contributed by atoms with Gasteiger partial charge >= 0.3 is 35.5 Å². The Morgan fingerprint density at radius 1 is 1.12 bits per heavy atom. The van der Waals surface area contributed by atoms with E-state index in [0.29, 0.717) is 0 Å². The van der Waals surface area contributed by atoms with Crippen molar-refractivity contribution >= 4 is 32.2 Å². The van der Waals surface area contributed by atoms with Crippen LogP contribution in [0.25, 0.3) is 0 Å². The predicted molar refractivity (Wildman–Crippen MR) is 81.6 cm³/mol. The van der Waals surface area contributed by atoms with Crippen LogP contribution in [0.3, 0.4) is 0 Å². The standard InChI is InChI=1S/C6H10O5S.C6H8O5S.Na/c1-5(6(7)8)3-2-4-12(9,10)11;1-2-6(7)11-4-3-5-12(8,9)10;/h1-4H2,(H,7,8)(H,9,10,11);2-4H,1,5H2,(H,8,9,10);/q;;+1/p-1. The number of carboxylic acid groups (broad SMARTS) is 1. The van der Waals surface area contributed by atoms with Gasteiger partial charge in [-0.3, -0.25) is 9.11 Å². The molecule has 0 aromatic carbocycles. The molecule has 0 rings (SSSR count). The molecular weight excluding hydrogens is 391 g/mol. The Hall–Kier alpha value is -1.02. The summed E-state index contributed by atoms with van der Waals surface area (Å²) in [4.78, 5) is 20.4. The molecule has 138 valence electrons. The van der Waals surface area contributed by atoms with Crippen molar-refractivity contribution in [2.24, 2.45) is 0 Å². The molecule has 0 saturated heterocycles. The maximum atomic E-state index is 10.3. The van der Waals surface area contributed by atoms with Crippen molar-refractivity contribution in [2.75, 3.05) is 11.5 Å². The van der Waals surface area contributed by atoms with Crippen molar-refractivity contribution in [3.63, 3.8) is 0 Å². The largest absolute Gasteiger partial charge is 1.00 e. The number of esters is 1. The van der Waals surface area contributed by atoms with Gasteiger partial charge in [-0.15, -0.1) is 0 Å². The Morgan fingerprint density at radius 3 is 2.00 bits per heavy atom. The third-order valence-corrected chi connectivity index (χ3v) is 3.34. The van der Waals surface area contributed by atoms with Gasteiger partial charge in [-0.25, -0.2) is 4.79 Å². The number of carbonyl (C=O) groups is 2. The second-order valence-electron chi connectivity index (χ2n) is 4.04. The molecule has 0 aliphatic heterocycles. The third-order valence-electron chi connectivity index (χ3n) is 1.92. The van der Waals surface area contributed by atoms with E-state index in [9.17, 15) is 31.5 Å². The molecule has 0 fully saturated rings. The van der Waals surface area contributed by atoms with E-state index >= 15 is 0 Å². The zero-order valence-corrected chi connectivity index (χ0v) is 17.1. The van der Waals surface area contributed by atoms with Crippen molar-refractivity contribution < 1.29 is 74.9 Å². The predicted octanol–water partition coefficient (Wildman–Crippen LogP) is -3.92. The first-order valence-electron chi connectivity index (χ1n) is 6.06. The number of aliphatic carboxylic acids is 1. The van der Waals surface area contributed by atoms with Crippen LogP contribution in [0.4, 0.5) is 0 Å². The minimum atomic E-state index is -4.03. The minimum absolute atomic E-state index is 0. The molecule has 0 atom stereocenters. The van der Waals surface area contributed by atoms with Crippen LogP contribution < -0.4 is 34.7 Å². The summed E-state index contributed by atoms with van der Waals surface area (Å²) in [5.41, 5.74) is -0.168. The summed E-state index contributed by atoms with van der Waals surface area (Å²) in [6, 6.07) is 0. The van der Waals surface area contributed by atoms with E-state index in [0.717, 1.165) is 18.4 Å². The Kier molecular flexibility index (Phi) is 16.3. The summed E-state index contributed by atoms with van der Waals surface area (Å²) >= 11 is 0. The van der Waals surface area contributed by atoms with Crippen LogP contribution in [-0.4, -0.2) is 49.4 Å². The fourth-order valence-electron chi connectivity index (χ4n) is 0.894. The van der Waals surface area contributed by atoms with Crippen LogP contribution in [0.15, 0.2) is 37.1 Å². The van der Waals surface area contributed by atoms with Crippen molar-refractivity contribution in [1.82, 2.24) is 0 Å². The number of hydrogen-bond donors (Lipinski definition) is 2. The van der Waals surface area contributed by atoms with Crippen molar-refractivity contribution in [2.45, 2.75) is 12.8 Å². The molecule has 0 radical (unpaired) electrons. The van der Waals surface area contributed by atoms with E-state index < -0.39 is 43.7 Å². The van der Waals surface area contributed by atoms with E-state index in [1.54, 1.807) is 0 Å². The summed E-state index contributed by atoms with van der Waals surface area (Å²) in [5, 5.41) is 10.0. The van der Waals surface area contributed by atoms with Gasteiger partial charge in [-0.05, 0) is 24.5 Å². The second kappa shape index (κ2) is 14.2. The molecule has 0 unspecified atom stereocenters. The first kappa shape index (κ1) is 28.8. The second-order valence-corrected chi connectivity index (χ2v) is 7.11. The average Bonchev–Trinajstić information content (AvgIpc) is 2.41. The number of ether oxygens (including phenoxy) is 1. The fourth-order valence-corrected chi connectivity index (χ4v) is 1.73. The topological polar surface area (TPSA) is 175 Å². The van der Waals surface area contributed by atoms with Gasteiger partial charge in [0.05, 0.1) is 23.7 Å².